The van der Waals surface area contributed by atoms with E-state index in [1.807, 2.05) is 31.5 Å². The molecule has 0 fully saturated rings. The van der Waals surface area contributed by atoms with Gasteiger partial charge in [0, 0.05) is 18.9 Å². The van der Waals surface area contributed by atoms with Crippen LogP contribution in [0.2, 0.25) is 0 Å². The summed E-state index contributed by atoms with van der Waals surface area (Å²) in [6.07, 6.45) is 4.55. The van der Waals surface area contributed by atoms with Gasteiger partial charge >= 0.3 is 0 Å². The van der Waals surface area contributed by atoms with Crippen molar-refractivity contribution >= 4 is 5.95 Å². The summed E-state index contributed by atoms with van der Waals surface area (Å²) in [7, 11) is 1.67. The Hall–Kier alpha value is -2.10. The maximum absolute atomic E-state index is 5.12. The average molecular weight is 243 g/mol. The van der Waals surface area contributed by atoms with Crippen molar-refractivity contribution in [3.63, 3.8) is 0 Å². The van der Waals surface area contributed by atoms with Crippen LogP contribution in [0.4, 0.5) is 5.95 Å². The second-order valence-electron chi connectivity index (χ2n) is 4.11. The lowest BCUT2D eigenvalue weighted by atomic mass is 10.1. The topological polar surface area (TPSA) is 47.0 Å². The Balaban J connectivity index is 1.82. The molecule has 4 nitrogen and oxygen atoms in total. The zero-order valence-corrected chi connectivity index (χ0v) is 10.7. The Morgan fingerprint density at radius 2 is 1.78 bits per heavy atom. The molecule has 1 heterocycles. The van der Waals surface area contributed by atoms with Crippen LogP contribution in [0.1, 0.15) is 11.1 Å². The molecule has 0 aliphatic carbocycles. The Morgan fingerprint density at radius 3 is 2.39 bits per heavy atom. The van der Waals surface area contributed by atoms with Gasteiger partial charge in [-0.1, -0.05) is 12.1 Å². The summed E-state index contributed by atoms with van der Waals surface area (Å²) in [5.41, 5.74) is 2.33. The monoisotopic (exact) mass is 243 g/mol. The van der Waals surface area contributed by atoms with Gasteiger partial charge in [-0.05, 0) is 36.6 Å². The fourth-order valence-electron chi connectivity index (χ4n) is 1.59. The van der Waals surface area contributed by atoms with Crippen LogP contribution in [-0.4, -0.2) is 23.6 Å². The van der Waals surface area contributed by atoms with Gasteiger partial charge < -0.3 is 10.1 Å². The van der Waals surface area contributed by atoms with Crippen LogP contribution in [0.15, 0.2) is 36.7 Å². The molecule has 2 aromatic rings. The van der Waals surface area contributed by atoms with E-state index in [2.05, 4.69) is 27.4 Å². The molecule has 2 rings (SSSR count). The Bertz CT molecular complexity index is 479. The molecule has 18 heavy (non-hydrogen) atoms. The van der Waals surface area contributed by atoms with Gasteiger partial charge in [0.25, 0.3) is 0 Å². The maximum atomic E-state index is 5.12. The standard InChI is InChI=1S/C14H17N3O/c1-11-9-16-14(17-10-11)15-8-7-12-3-5-13(18-2)6-4-12/h3-6,9-10H,7-8H2,1-2H3,(H,15,16,17). The van der Waals surface area contributed by atoms with Crippen LogP contribution >= 0.6 is 0 Å². The highest BCUT2D eigenvalue weighted by atomic mass is 16.5. The first-order valence-electron chi connectivity index (χ1n) is 5.93. The number of aromatic nitrogens is 2. The van der Waals surface area contributed by atoms with E-state index in [4.69, 9.17) is 4.74 Å². The summed E-state index contributed by atoms with van der Waals surface area (Å²) in [6.45, 7) is 2.79. The normalized spacial score (nSPS) is 10.1. The minimum absolute atomic E-state index is 0.675. The van der Waals surface area contributed by atoms with E-state index < -0.39 is 0 Å². The third kappa shape index (κ3) is 3.45. The third-order valence-electron chi connectivity index (χ3n) is 2.64. The highest BCUT2D eigenvalue weighted by Crippen LogP contribution is 2.11. The molecule has 1 aromatic heterocycles. The predicted octanol–water partition coefficient (Wildman–Crippen LogP) is 2.45. The SMILES string of the molecule is COc1ccc(CCNc2ncc(C)cn2)cc1. The number of aryl methyl sites for hydroxylation is 1. The van der Waals surface area contributed by atoms with Crippen LogP contribution in [0, 0.1) is 6.92 Å². The summed E-state index contributed by atoms with van der Waals surface area (Å²) in [5.74, 6) is 1.56. The van der Waals surface area contributed by atoms with Crippen molar-refractivity contribution in [3.8, 4) is 5.75 Å². The first kappa shape index (κ1) is 12.4. The molecule has 0 unspecified atom stereocenters. The zero-order chi connectivity index (χ0) is 12.8. The summed E-state index contributed by atoms with van der Waals surface area (Å²) in [5, 5.41) is 3.20. The first-order valence-corrected chi connectivity index (χ1v) is 5.93. The second kappa shape index (κ2) is 6.00. The Labute approximate surface area is 107 Å². The van der Waals surface area contributed by atoms with Gasteiger partial charge in [0.1, 0.15) is 5.75 Å². The molecule has 1 aromatic carbocycles. The Morgan fingerprint density at radius 1 is 1.11 bits per heavy atom. The van der Waals surface area contributed by atoms with Gasteiger partial charge in [-0.2, -0.15) is 0 Å². The van der Waals surface area contributed by atoms with Crippen molar-refractivity contribution in [3.05, 3.63) is 47.8 Å². The average Bonchev–Trinajstić information content (AvgIpc) is 2.42. The minimum Gasteiger partial charge on any atom is -0.497 e. The second-order valence-corrected chi connectivity index (χ2v) is 4.11. The van der Waals surface area contributed by atoms with Crippen LogP contribution in [-0.2, 0) is 6.42 Å². The number of hydrogen-bond acceptors (Lipinski definition) is 4. The van der Waals surface area contributed by atoms with Crippen molar-refractivity contribution in [1.82, 2.24) is 9.97 Å². The maximum Gasteiger partial charge on any atom is 0.222 e. The molecule has 4 heteroatoms. The van der Waals surface area contributed by atoms with E-state index in [-0.39, 0.29) is 0 Å². The van der Waals surface area contributed by atoms with Crippen molar-refractivity contribution in [2.75, 3.05) is 19.0 Å². The molecular formula is C14H17N3O. The summed E-state index contributed by atoms with van der Waals surface area (Å²) in [6, 6.07) is 8.07. The van der Waals surface area contributed by atoms with E-state index in [9.17, 15) is 0 Å². The van der Waals surface area contributed by atoms with E-state index in [0.717, 1.165) is 24.3 Å². The quantitative estimate of drug-likeness (QED) is 0.876. The number of nitrogens with zero attached hydrogens (tertiary/aromatic N) is 2. The fourth-order valence-corrected chi connectivity index (χ4v) is 1.59. The van der Waals surface area contributed by atoms with E-state index >= 15 is 0 Å². The van der Waals surface area contributed by atoms with E-state index in [1.165, 1.54) is 5.56 Å². The van der Waals surface area contributed by atoms with Crippen molar-refractivity contribution in [2.45, 2.75) is 13.3 Å². The molecule has 0 atom stereocenters. The van der Waals surface area contributed by atoms with Gasteiger partial charge in [-0.15, -0.1) is 0 Å². The number of benzene rings is 1. The molecule has 0 saturated heterocycles. The lowest BCUT2D eigenvalue weighted by Gasteiger charge is -2.05. The van der Waals surface area contributed by atoms with Crippen molar-refractivity contribution < 1.29 is 4.74 Å². The minimum atomic E-state index is 0.675. The molecule has 94 valence electrons. The molecule has 0 spiro atoms. The number of anilines is 1. The van der Waals surface area contributed by atoms with Gasteiger partial charge in [-0.3, -0.25) is 0 Å². The summed E-state index contributed by atoms with van der Waals surface area (Å²) < 4.78 is 5.12. The van der Waals surface area contributed by atoms with Crippen LogP contribution in [0.25, 0.3) is 0 Å². The summed E-state index contributed by atoms with van der Waals surface area (Å²) in [4.78, 5) is 8.39. The van der Waals surface area contributed by atoms with Gasteiger partial charge in [0.15, 0.2) is 0 Å². The number of nitrogens with one attached hydrogen (secondary N) is 1. The number of rotatable bonds is 5. The summed E-state index contributed by atoms with van der Waals surface area (Å²) >= 11 is 0. The number of methoxy groups -OCH3 is 1. The Kier molecular flexibility index (Phi) is 4.12. The van der Waals surface area contributed by atoms with Gasteiger partial charge in [0.2, 0.25) is 5.95 Å². The van der Waals surface area contributed by atoms with Gasteiger partial charge in [-0.25, -0.2) is 9.97 Å². The predicted molar refractivity (Wildman–Crippen MR) is 72.0 cm³/mol. The number of hydrogen-bond donors (Lipinski definition) is 1. The molecule has 0 aliphatic rings. The van der Waals surface area contributed by atoms with Crippen LogP contribution in [0.5, 0.6) is 5.75 Å². The first-order chi connectivity index (χ1) is 8.78. The van der Waals surface area contributed by atoms with Crippen LogP contribution in [0.3, 0.4) is 0 Å². The molecular weight excluding hydrogens is 226 g/mol. The molecule has 0 bridgehead atoms. The highest BCUT2D eigenvalue weighted by Gasteiger charge is 1.97. The van der Waals surface area contributed by atoms with E-state index in [1.54, 1.807) is 7.11 Å². The third-order valence-corrected chi connectivity index (χ3v) is 2.64. The zero-order valence-electron chi connectivity index (χ0n) is 10.7. The molecule has 0 aliphatic heterocycles. The van der Waals surface area contributed by atoms with Crippen molar-refractivity contribution in [1.29, 1.82) is 0 Å². The molecule has 0 radical (unpaired) electrons. The van der Waals surface area contributed by atoms with Gasteiger partial charge in [0.05, 0.1) is 7.11 Å². The molecule has 0 amide bonds. The fraction of sp³-hybridized carbons (Fsp3) is 0.286. The molecule has 0 saturated carbocycles. The highest BCUT2D eigenvalue weighted by molar-refractivity contribution is 5.29. The lowest BCUT2D eigenvalue weighted by molar-refractivity contribution is 0.414. The van der Waals surface area contributed by atoms with Crippen molar-refractivity contribution in [2.24, 2.45) is 0 Å². The smallest absolute Gasteiger partial charge is 0.222 e. The van der Waals surface area contributed by atoms with Crippen LogP contribution < -0.4 is 10.1 Å². The largest absolute Gasteiger partial charge is 0.497 e. The lowest BCUT2D eigenvalue weighted by Crippen LogP contribution is -2.07. The number of ether oxygens (including phenoxy) is 1. The molecule has 1 N–H and O–H groups in total. The van der Waals surface area contributed by atoms with E-state index in [0.29, 0.717) is 5.95 Å².